The second kappa shape index (κ2) is 24.1. The van der Waals surface area contributed by atoms with E-state index in [-0.39, 0.29) is 50.4 Å². The Balaban J connectivity index is 1.58. The lowest BCUT2D eigenvalue weighted by molar-refractivity contribution is -0.150. The number of carbonyl (C=O) groups is 4. The van der Waals surface area contributed by atoms with Crippen LogP contribution in [-0.2, 0) is 43.3 Å². The monoisotopic (exact) mass is 711 g/mol. The molecule has 3 rings (SSSR count). The van der Waals surface area contributed by atoms with Gasteiger partial charge in [-0.1, -0.05) is 103 Å². The summed E-state index contributed by atoms with van der Waals surface area (Å²) in [4.78, 5) is 52.1. The third-order valence-corrected chi connectivity index (χ3v) is 8.51. The van der Waals surface area contributed by atoms with Gasteiger partial charge in [-0.3, -0.25) is 14.4 Å². The second-order valence-electron chi connectivity index (χ2n) is 12.8. The molecule has 10 nitrogen and oxygen atoms in total. The van der Waals surface area contributed by atoms with Gasteiger partial charge in [-0.25, -0.2) is 4.79 Å². The number of nitrogens with one attached hydrogen (secondary N) is 3. The lowest BCUT2D eigenvalue weighted by Crippen LogP contribution is -2.45. The molecule has 0 saturated heterocycles. The minimum atomic E-state index is -0.723. The number of aliphatic hydroxyl groups is 1. The molecule has 0 aliphatic heterocycles. The Labute approximate surface area is 307 Å². The van der Waals surface area contributed by atoms with Gasteiger partial charge in [-0.15, -0.1) is 13.2 Å². The summed E-state index contributed by atoms with van der Waals surface area (Å²) in [5.74, 6) is -2.27. The van der Waals surface area contributed by atoms with E-state index in [1.807, 2.05) is 91.0 Å². The van der Waals surface area contributed by atoms with Crippen molar-refractivity contribution in [2.24, 2.45) is 11.8 Å². The molecule has 4 N–H and O–H groups in total. The van der Waals surface area contributed by atoms with Gasteiger partial charge < -0.3 is 30.5 Å². The first-order chi connectivity index (χ1) is 25.3. The molecule has 0 heterocycles. The fourth-order valence-electron chi connectivity index (χ4n) is 5.71. The quantitative estimate of drug-likeness (QED) is 0.0519. The topological polar surface area (TPSA) is 143 Å². The Morgan fingerprint density at radius 1 is 0.692 bits per heavy atom. The van der Waals surface area contributed by atoms with Crippen molar-refractivity contribution in [1.82, 2.24) is 16.0 Å². The van der Waals surface area contributed by atoms with Gasteiger partial charge in [-0.2, -0.15) is 0 Å². The third-order valence-electron chi connectivity index (χ3n) is 8.51. The molecule has 0 bridgehead atoms. The van der Waals surface area contributed by atoms with Crippen molar-refractivity contribution in [3.63, 3.8) is 0 Å². The van der Waals surface area contributed by atoms with Gasteiger partial charge in [0.05, 0.1) is 30.5 Å². The molecule has 3 aromatic carbocycles. The molecule has 0 fully saturated rings. The Hall–Kier alpha value is -5.22. The number of hydrogen-bond acceptors (Lipinski definition) is 7. The van der Waals surface area contributed by atoms with Crippen LogP contribution in [0.25, 0.3) is 0 Å². The summed E-state index contributed by atoms with van der Waals surface area (Å²) >= 11 is 0. The largest absolute Gasteiger partial charge is 0.463 e. The molecule has 0 spiro atoms. The smallest absolute Gasteiger partial charge is 0.407 e. The van der Waals surface area contributed by atoms with Crippen LogP contribution in [0.5, 0.6) is 0 Å². The molecule has 0 unspecified atom stereocenters. The van der Waals surface area contributed by atoms with Gasteiger partial charge in [0.1, 0.15) is 13.2 Å². The molecule has 0 aliphatic rings. The number of unbranched alkanes of at least 4 members (excludes halogenated alkanes) is 1. The lowest BCUT2D eigenvalue weighted by Gasteiger charge is -2.24. The average molecular weight is 712 g/mol. The highest BCUT2D eigenvalue weighted by Gasteiger charge is 2.26. The van der Waals surface area contributed by atoms with E-state index in [0.29, 0.717) is 45.1 Å². The van der Waals surface area contributed by atoms with Crippen molar-refractivity contribution in [1.29, 1.82) is 0 Å². The van der Waals surface area contributed by atoms with Crippen LogP contribution in [0, 0.1) is 11.8 Å². The standard InChI is InChI=1S/C42H53N3O7/c1-3-16-35(28-39(47)44-38(29-46)27-33-20-10-6-11-21-33)40(48)45-37(24-14-15-25-43-42(50)52-30-34-22-12-7-13-23-34)31-51-41(49)36(17-4-2)26-32-18-8-5-9-19-32/h3-13,18-23,35-38,46H,1-2,14-17,24-31H2,(H,43,50)(H,44,47)(H,45,48)/t35-,36+,37+,38-/m1/s1. The average Bonchev–Trinajstić information content (AvgIpc) is 3.16. The third kappa shape index (κ3) is 16.2. The van der Waals surface area contributed by atoms with Gasteiger partial charge in [0, 0.05) is 13.0 Å². The summed E-state index contributed by atoms with van der Waals surface area (Å²) in [6.07, 6.45) is 5.94. The van der Waals surface area contributed by atoms with Crippen LogP contribution in [0.4, 0.5) is 4.79 Å². The van der Waals surface area contributed by atoms with Crippen LogP contribution < -0.4 is 16.0 Å². The number of ether oxygens (including phenoxy) is 2. The second-order valence-corrected chi connectivity index (χ2v) is 12.8. The van der Waals surface area contributed by atoms with Crippen molar-refractivity contribution in [2.45, 2.75) is 70.1 Å². The number of esters is 1. The molecule has 10 heteroatoms. The van der Waals surface area contributed by atoms with E-state index in [9.17, 15) is 24.3 Å². The summed E-state index contributed by atoms with van der Waals surface area (Å²) in [6, 6.07) is 27.5. The summed E-state index contributed by atoms with van der Waals surface area (Å²) in [5.41, 5.74) is 2.86. The van der Waals surface area contributed by atoms with E-state index >= 15 is 0 Å². The number of rotatable bonds is 24. The van der Waals surface area contributed by atoms with Gasteiger partial charge in [0.15, 0.2) is 0 Å². The first-order valence-corrected chi connectivity index (χ1v) is 17.9. The Morgan fingerprint density at radius 2 is 1.27 bits per heavy atom. The van der Waals surface area contributed by atoms with E-state index in [0.717, 1.165) is 16.7 Å². The molecule has 0 radical (unpaired) electrons. The molecule has 0 aliphatic carbocycles. The minimum Gasteiger partial charge on any atom is -0.463 e. The van der Waals surface area contributed by atoms with E-state index in [4.69, 9.17) is 9.47 Å². The highest BCUT2D eigenvalue weighted by molar-refractivity contribution is 5.86. The SMILES string of the molecule is C=CC[C@H](CC(=O)N[C@@H](CO)Cc1ccccc1)C(=O)N[C@@H](CCCCNC(=O)OCc1ccccc1)COC(=O)[C@@H](CC=C)Cc1ccccc1. The highest BCUT2D eigenvalue weighted by Crippen LogP contribution is 2.17. The Morgan fingerprint density at radius 3 is 1.87 bits per heavy atom. The van der Waals surface area contributed by atoms with E-state index in [1.54, 1.807) is 12.2 Å². The van der Waals surface area contributed by atoms with Crippen molar-refractivity contribution in [3.8, 4) is 0 Å². The number of alkyl carbamates (subject to hydrolysis) is 1. The van der Waals surface area contributed by atoms with Gasteiger partial charge in [0.25, 0.3) is 0 Å². The predicted molar refractivity (Wildman–Crippen MR) is 202 cm³/mol. The molecule has 4 atom stereocenters. The Kier molecular flexibility index (Phi) is 19.1. The van der Waals surface area contributed by atoms with E-state index in [1.165, 1.54) is 0 Å². The van der Waals surface area contributed by atoms with Crippen LogP contribution >= 0.6 is 0 Å². The molecule has 3 aromatic rings. The summed E-state index contributed by atoms with van der Waals surface area (Å²) < 4.78 is 11.1. The molecule has 0 saturated carbocycles. The molecule has 3 amide bonds. The number of amides is 3. The first kappa shape index (κ1) is 41.2. The molecule has 0 aromatic heterocycles. The number of benzene rings is 3. The zero-order valence-corrected chi connectivity index (χ0v) is 29.9. The number of hydrogen-bond donors (Lipinski definition) is 4. The molecule has 52 heavy (non-hydrogen) atoms. The van der Waals surface area contributed by atoms with E-state index in [2.05, 4.69) is 29.1 Å². The first-order valence-electron chi connectivity index (χ1n) is 17.9. The molecular weight excluding hydrogens is 658 g/mol. The maximum absolute atomic E-state index is 13.6. The van der Waals surface area contributed by atoms with Crippen molar-refractivity contribution >= 4 is 23.9 Å². The zero-order valence-electron chi connectivity index (χ0n) is 29.9. The fourth-order valence-corrected chi connectivity index (χ4v) is 5.71. The summed E-state index contributed by atoms with van der Waals surface area (Å²) in [7, 11) is 0. The lowest BCUT2D eigenvalue weighted by atomic mass is 9.96. The number of aliphatic hydroxyl groups excluding tert-OH is 1. The van der Waals surface area contributed by atoms with Crippen LogP contribution in [0.3, 0.4) is 0 Å². The normalized spacial score (nSPS) is 13.0. The maximum atomic E-state index is 13.6. The number of allylic oxidation sites excluding steroid dienone is 2. The zero-order chi connectivity index (χ0) is 37.4. The van der Waals surface area contributed by atoms with Crippen molar-refractivity contribution < 1.29 is 33.8 Å². The van der Waals surface area contributed by atoms with Crippen molar-refractivity contribution in [2.75, 3.05) is 19.8 Å². The van der Waals surface area contributed by atoms with Crippen LogP contribution in [0.15, 0.2) is 116 Å². The maximum Gasteiger partial charge on any atom is 0.407 e. The van der Waals surface area contributed by atoms with Crippen LogP contribution in [0.2, 0.25) is 0 Å². The summed E-state index contributed by atoms with van der Waals surface area (Å²) in [6.45, 7) is 7.80. The van der Waals surface area contributed by atoms with Gasteiger partial charge in [0.2, 0.25) is 11.8 Å². The fraction of sp³-hybridized carbons (Fsp3) is 0.381. The van der Waals surface area contributed by atoms with Crippen LogP contribution in [-0.4, -0.2) is 60.8 Å². The van der Waals surface area contributed by atoms with E-state index < -0.39 is 30.0 Å². The van der Waals surface area contributed by atoms with Crippen LogP contribution in [0.1, 0.15) is 55.2 Å². The van der Waals surface area contributed by atoms with Crippen molar-refractivity contribution in [3.05, 3.63) is 133 Å². The van der Waals surface area contributed by atoms with Gasteiger partial charge >= 0.3 is 12.1 Å². The highest BCUT2D eigenvalue weighted by atomic mass is 16.5. The minimum absolute atomic E-state index is 0.0593. The summed E-state index contributed by atoms with van der Waals surface area (Å²) in [5, 5.41) is 18.5. The predicted octanol–water partition coefficient (Wildman–Crippen LogP) is 5.85. The van der Waals surface area contributed by atoms with Gasteiger partial charge in [-0.05, 0) is 61.6 Å². The Bertz CT molecular complexity index is 1520. The number of carbonyl (C=O) groups excluding carboxylic acids is 4. The molecule has 278 valence electrons. The molecular formula is C42H53N3O7.